The number of carbonyl (C=O) groups is 1. The number of rotatable bonds is 7. The molecule has 1 unspecified atom stereocenters. The van der Waals surface area contributed by atoms with Crippen LogP contribution in [0.1, 0.15) is 23.9 Å². The third-order valence-electron chi connectivity index (χ3n) is 3.38. The van der Waals surface area contributed by atoms with Gasteiger partial charge >= 0.3 is 0 Å². The summed E-state index contributed by atoms with van der Waals surface area (Å²) in [6, 6.07) is 7.40. The van der Waals surface area contributed by atoms with Crippen molar-refractivity contribution < 1.29 is 9.53 Å². The number of aryl methyl sites for hydroxylation is 1. The van der Waals surface area contributed by atoms with Crippen molar-refractivity contribution in [2.45, 2.75) is 12.5 Å². The molecule has 1 aromatic heterocycles. The predicted molar refractivity (Wildman–Crippen MR) is 89.2 cm³/mol. The molecule has 0 spiro atoms. The summed E-state index contributed by atoms with van der Waals surface area (Å²) in [6.07, 6.45) is 6.09. The number of ether oxygens (including phenoxy) is 1. The number of carbonyl (C=O) groups excluding carboxylic acids is 1. The van der Waals surface area contributed by atoms with Gasteiger partial charge in [0, 0.05) is 31.6 Å². The van der Waals surface area contributed by atoms with E-state index in [-0.39, 0.29) is 11.9 Å². The van der Waals surface area contributed by atoms with Crippen LogP contribution in [-0.2, 0) is 11.8 Å². The van der Waals surface area contributed by atoms with E-state index in [0.717, 1.165) is 22.9 Å². The number of benzene rings is 1. The normalized spacial score (nSPS) is 12.0. The smallest absolute Gasteiger partial charge is 0.221 e. The fourth-order valence-corrected chi connectivity index (χ4v) is 2.59. The number of aromatic nitrogens is 2. The van der Waals surface area contributed by atoms with E-state index in [2.05, 4.69) is 10.3 Å². The first-order chi connectivity index (χ1) is 10.7. The summed E-state index contributed by atoms with van der Waals surface area (Å²) in [7, 11) is 3.55. The van der Waals surface area contributed by atoms with Crippen molar-refractivity contribution in [2.75, 3.05) is 19.1 Å². The molecule has 1 amide bonds. The van der Waals surface area contributed by atoms with E-state index < -0.39 is 0 Å². The molecule has 1 heterocycles. The molecule has 5 nitrogen and oxygen atoms in total. The minimum atomic E-state index is -0.288. The SMILES string of the molecule is COc1cccc(C(NC(=O)CCSC)c2nccn2C)c1. The first-order valence-corrected chi connectivity index (χ1v) is 8.44. The molecule has 1 aromatic carbocycles. The number of nitrogens with one attached hydrogen (secondary N) is 1. The Labute approximate surface area is 135 Å². The zero-order chi connectivity index (χ0) is 15.9. The minimum Gasteiger partial charge on any atom is -0.497 e. The van der Waals surface area contributed by atoms with Crippen molar-refractivity contribution in [1.29, 1.82) is 0 Å². The maximum atomic E-state index is 12.2. The molecular weight excluding hydrogens is 298 g/mol. The quantitative estimate of drug-likeness (QED) is 0.851. The lowest BCUT2D eigenvalue weighted by atomic mass is 10.1. The highest BCUT2D eigenvalue weighted by molar-refractivity contribution is 7.98. The molecule has 0 aliphatic heterocycles. The monoisotopic (exact) mass is 319 g/mol. The molecule has 1 N–H and O–H groups in total. The summed E-state index contributed by atoms with van der Waals surface area (Å²) in [6.45, 7) is 0. The van der Waals surface area contributed by atoms with Crippen LogP contribution < -0.4 is 10.1 Å². The summed E-state index contributed by atoms with van der Waals surface area (Å²) in [4.78, 5) is 16.5. The predicted octanol–water partition coefficient (Wildman–Crippen LogP) is 2.39. The maximum Gasteiger partial charge on any atom is 0.221 e. The number of nitrogens with zero attached hydrogens (tertiary/aromatic N) is 2. The van der Waals surface area contributed by atoms with Gasteiger partial charge in [-0.25, -0.2) is 4.98 Å². The highest BCUT2D eigenvalue weighted by Crippen LogP contribution is 2.24. The fourth-order valence-electron chi connectivity index (χ4n) is 2.20. The number of imidazole rings is 1. The third kappa shape index (κ3) is 4.04. The molecule has 0 saturated heterocycles. The van der Waals surface area contributed by atoms with Crippen LogP contribution in [0.15, 0.2) is 36.7 Å². The van der Waals surface area contributed by atoms with Crippen molar-refractivity contribution in [3.8, 4) is 5.75 Å². The molecule has 118 valence electrons. The second-order valence-electron chi connectivity index (χ2n) is 4.92. The highest BCUT2D eigenvalue weighted by atomic mass is 32.2. The fraction of sp³-hybridized carbons (Fsp3) is 0.375. The van der Waals surface area contributed by atoms with Crippen molar-refractivity contribution in [3.05, 3.63) is 48.0 Å². The lowest BCUT2D eigenvalue weighted by Gasteiger charge is -2.19. The van der Waals surface area contributed by atoms with Crippen LogP contribution in [-0.4, -0.2) is 34.6 Å². The van der Waals surface area contributed by atoms with E-state index in [0.29, 0.717) is 6.42 Å². The summed E-state index contributed by atoms with van der Waals surface area (Å²) < 4.78 is 7.19. The van der Waals surface area contributed by atoms with E-state index in [9.17, 15) is 4.79 Å². The Hall–Kier alpha value is -1.95. The molecule has 1 atom stereocenters. The Morgan fingerprint density at radius 2 is 2.32 bits per heavy atom. The van der Waals surface area contributed by atoms with Crippen molar-refractivity contribution in [1.82, 2.24) is 14.9 Å². The number of amides is 1. The Kier molecular flexibility index (Phi) is 5.89. The molecule has 0 bridgehead atoms. The topological polar surface area (TPSA) is 56.1 Å². The zero-order valence-electron chi connectivity index (χ0n) is 13.1. The van der Waals surface area contributed by atoms with Crippen molar-refractivity contribution in [2.24, 2.45) is 7.05 Å². The Balaban J connectivity index is 2.29. The van der Waals surface area contributed by atoms with Gasteiger partial charge < -0.3 is 14.6 Å². The maximum absolute atomic E-state index is 12.2. The number of hydrogen-bond donors (Lipinski definition) is 1. The van der Waals surface area contributed by atoms with Crippen molar-refractivity contribution in [3.63, 3.8) is 0 Å². The first-order valence-electron chi connectivity index (χ1n) is 7.05. The van der Waals surface area contributed by atoms with Crippen LogP contribution >= 0.6 is 11.8 Å². The number of methoxy groups -OCH3 is 1. The molecular formula is C16H21N3O2S. The standard InChI is InChI=1S/C16H21N3O2S/c1-19-9-8-17-16(19)15(18-14(20)7-10-22-3)12-5-4-6-13(11-12)21-2/h4-6,8-9,11,15H,7,10H2,1-3H3,(H,18,20). The molecule has 0 aliphatic carbocycles. The van der Waals surface area contributed by atoms with Gasteiger partial charge in [0.2, 0.25) is 5.91 Å². The van der Waals surface area contributed by atoms with Gasteiger partial charge in [0.1, 0.15) is 17.6 Å². The second-order valence-corrected chi connectivity index (χ2v) is 5.90. The van der Waals surface area contributed by atoms with Crippen molar-refractivity contribution >= 4 is 17.7 Å². The van der Waals surface area contributed by atoms with Gasteiger partial charge in [-0.05, 0) is 24.0 Å². The Morgan fingerprint density at radius 3 is 2.95 bits per heavy atom. The summed E-state index contributed by atoms with van der Waals surface area (Å²) in [5, 5.41) is 3.07. The average Bonchev–Trinajstić information content (AvgIpc) is 2.96. The van der Waals surface area contributed by atoms with Gasteiger partial charge in [0.25, 0.3) is 0 Å². The van der Waals surface area contributed by atoms with E-state index >= 15 is 0 Å². The van der Waals surface area contributed by atoms with Gasteiger partial charge in [-0.15, -0.1) is 0 Å². The van der Waals surface area contributed by atoms with Gasteiger partial charge in [-0.3, -0.25) is 4.79 Å². The summed E-state index contributed by atoms with van der Waals surface area (Å²) >= 11 is 1.66. The molecule has 2 aromatic rings. The number of hydrogen-bond acceptors (Lipinski definition) is 4. The van der Waals surface area contributed by atoms with Gasteiger partial charge in [-0.2, -0.15) is 11.8 Å². The Bertz CT molecular complexity index is 627. The Morgan fingerprint density at radius 1 is 1.50 bits per heavy atom. The third-order valence-corrected chi connectivity index (χ3v) is 3.99. The summed E-state index contributed by atoms with van der Waals surface area (Å²) in [5.74, 6) is 2.38. The van der Waals surface area contributed by atoms with Gasteiger partial charge in [-0.1, -0.05) is 12.1 Å². The van der Waals surface area contributed by atoms with E-state index in [4.69, 9.17) is 4.74 Å². The summed E-state index contributed by atoms with van der Waals surface area (Å²) in [5.41, 5.74) is 0.950. The number of thioether (sulfide) groups is 1. The van der Waals surface area contributed by atoms with E-state index in [1.54, 1.807) is 25.1 Å². The van der Waals surface area contributed by atoms with Crippen LogP contribution in [0.25, 0.3) is 0 Å². The molecule has 6 heteroatoms. The lowest BCUT2D eigenvalue weighted by molar-refractivity contribution is -0.121. The van der Waals surface area contributed by atoms with Crippen LogP contribution in [0.3, 0.4) is 0 Å². The van der Waals surface area contributed by atoms with Gasteiger partial charge in [0.15, 0.2) is 0 Å². The molecule has 0 saturated carbocycles. The van der Waals surface area contributed by atoms with E-state index in [1.807, 2.05) is 48.3 Å². The average molecular weight is 319 g/mol. The molecule has 22 heavy (non-hydrogen) atoms. The van der Waals surface area contributed by atoms with Crippen LogP contribution in [0, 0.1) is 0 Å². The van der Waals surface area contributed by atoms with Gasteiger partial charge in [0.05, 0.1) is 7.11 Å². The molecule has 2 rings (SSSR count). The zero-order valence-corrected chi connectivity index (χ0v) is 13.9. The first kappa shape index (κ1) is 16.4. The van der Waals surface area contributed by atoms with Crippen LogP contribution in [0.4, 0.5) is 0 Å². The highest BCUT2D eigenvalue weighted by Gasteiger charge is 2.20. The van der Waals surface area contributed by atoms with E-state index in [1.165, 1.54) is 0 Å². The molecule has 0 radical (unpaired) electrons. The second kappa shape index (κ2) is 7.89. The van der Waals surface area contributed by atoms with Crippen LogP contribution in [0.5, 0.6) is 5.75 Å². The minimum absolute atomic E-state index is 0.0187. The largest absolute Gasteiger partial charge is 0.497 e. The van der Waals surface area contributed by atoms with Crippen LogP contribution in [0.2, 0.25) is 0 Å². The molecule has 0 aliphatic rings. The lowest BCUT2D eigenvalue weighted by Crippen LogP contribution is -2.31. The molecule has 0 fully saturated rings.